The first-order chi connectivity index (χ1) is 6.24. The maximum atomic E-state index is 6.25. The van der Waals surface area contributed by atoms with Crippen LogP contribution in [0.2, 0.25) is 18.1 Å². The highest BCUT2D eigenvalue weighted by Crippen LogP contribution is 2.39. The second-order valence-corrected chi connectivity index (χ2v) is 10.4. The summed E-state index contributed by atoms with van der Waals surface area (Å²) < 4.78 is 11.7. The molecule has 1 aliphatic heterocycles. The first kappa shape index (κ1) is 12.2. The molecule has 1 unspecified atom stereocenters. The van der Waals surface area contributed by atoms with Crippen LogP contribution < -0.4 is 0 Å². The minimum atomic E-state index is -1.61. The second kappa shape index (κ2) is 3.95. The van der Waals surface area contributed by atoms with Gasteiger partial charge in [0.05, 0.1) is 12.7 Å². The van der Waals surface area contributed by atoms with Gasteiger partial charge in [0, 0.05) is 0 Å². The molecule has 1 aliphatic rings. The predicted octanol–water partition coefficient (Wildman–Crippen LogP) is 3.35. The van der Waals surface area contributed by atoms with E-state index >= 15 is 0 Å². The molecule has 3 heteroatoms. The van der Waals surface area contributed by atoms with Crippen LogP contribution in [0.1, 0.15) is 34.1 Å². The van der Waals surface area contributed by atoms with E-state index in [1.807, 2.05) is 6.92 Å². The van der Waals surface area contributed by atoms with Gasteiger partial charge in [-0.05, 0) is 31.5 Å². The van der Waals surface area contributed by atoms with Crippen molar-refractivity contribution in [2.75, 3.05) is 6.61 Å². The van der Waals surface area contributed by atoms with Crippen LogP contribution in [0.15, 0.2) is 0 Å². The molecular weight excluding hydrogens is 192 g/mol. The Labute approximate surface area is 89.1 Å². The van der Waals surface area contributed by atoms with Gasteiger partial charge in [-0.3, -0.25) is 0 Å². The van der Waals surface area contributed by atoms with Crippen molar-refractivity contribution in [3.8, 4) is 0 Å². The highest BCUT2D eigenvalue weighted by Gasteiger charge is 2.41. The van der Waals surface area contributed by atoms with E-state index < -0.39 is 8.32 Å². The lowest BCUT2D eigenvalue weighted by Crippen LogP contribution is -2.44. The molecule has 83 valence electrons. The van der Waals surface area contributed by atoms with E-state index in [4.69, 9.17) is 9.16 Å². The highest BCUT2D eigenvalue weighted by atomic mass is 28.4. The van der Waals surface area contributed by atoms with Crippen molar-refractivity contribution in [2.45, 2.75) is 58.4 Å². The molecule has 0 amide bonds. The first-order valence-electron chi connectivity index (χ1n) is 5.38. The zero-order valence-corrected chi connectivity index (χ0v) is 11.3. The average molecular weight is 215 g/mol. The molecule has 1 rings (SSSR count). The van der Waals surface area contributed by atoms with Crippen LogP contribution in [0.5, 0.6) is 0 Å². The summed E-state index contributed by atoms with van der Waals surface area (Å²) in [5, 5.41) is 0.288. The Bertz CT molecular complexity index is 196. The normalized spacial score (nSPS) is 25.7. The Balaban J connectivity index is 2.58. The molecule has 1 heterocycles. The van der Waals surface area contributed by atoms with Gasteiger partial charge in [-0.1, -0.05) is 20.8 Å². The predicted molar refractivity (Wildman–Crippen MR) is 61.6 cm³/mol. The van der Waals surface area contributed by atoms with Gasteiger partial charge in [-0.25, -0.2) is 0 Å². The van der Waals surface area contributed by atoms with E-state index in [9.17, 15) is 0 Å². The van der Waals surface area contributed by atoms with E-state index in [0.29, 0.717) is 0 Å². The number of hydrogen-bond acceptors (Lipinski definition) is 2. The largest absolute Gasteiger partial charge is 0.411 e. The van der Waals surface area contributed by atoms with E-state index in [1.165, 1.54) is 0 Å². The van der Waals surface area contributed by atoms with Crippen LogP contribution in [0.3, 0.4) is 0 Å². The molecule has 14 heavy (non-hydrogen) atoms. The lowest BCUT2D eigenvalue weighted by Gasteiger charge is -2.38. The maximum absolute atomic E-state index is 6.25. The summed E-state index contributed by atoms with van der Waals surface area (Å²) in [4.78, 5) is 0. The van der Waals surface area contributed by atoms with Crippen molar-refractivity contribution in [3.63, 3.8) is 0 Å². The highest BCUT2D eigenvalue weighted by molar-refractivity contribution is 6.74. The molecular formula is C11H23O2Si. The summed E-state index contributed by atoms with van der Waals surface area (Å²) >= 11 is 0. The molecule has 0 aliphatic carbocycles. The van der Waals surface area contributed by atoms with Crippen molar-refractivity contribution in [3.05, 3.63) is 6.10 Å². The van der Waals surface area contributed by atoms with Gasteiger partial charge >= 0.3 is 0 Å². The van der Waals surface area contributed by atoms with Crippen LogP contribution in [0.25, 0.3) is 0 Å². The molecule has 0 spiro atoms. The fourth-order valence-electron chi connectivity index (χ4n) is 1.30. The monoisotopic (exact) mass is 215 g/mol. The SMILES string of the molecule is C[C]1OCCC1O[Si](C)(C)C(C)(C)C. The van der Waals surface area contributed by atoms with Crippen LogP contribution in [-0.2, 0) is 9.16 Å². The molecule has 1 saturated heterocycles. The van der Waals surface area contributed by atoms with Crippen LogP contribution in [-0.4, -0.2) is 21.0 Å². The van der Waals surface area contributed by atoms with Crippen LogP contribution in [0.4, 0.5) is 0 Å². The zero-order valence-electron chi connectivity index (χ0n) is 10.3. The number of rotatable bonds is 2. The molecule has 1 atom stereocenters. The van der Waals surface area contributed by atoms with Gasteiger partial charge < -0.3 is 9.16 Å². The third kappa shape index (κ3) is 2.58. The molecule has 0 saturated carbocycles. The topological polar surface area (TPSA) is 18.5 Å². The Kier molecular flexibility index (Phi) is 3.44. The van der Waals surface area contributed by atoms with Crippen LogP contribution in [0, 0.1) is 6.10 Å². The lowest BCUT2D eigenvalue weighted by molar-refractivity contribution is 0.141. The molecule has 2 nitrogen and oxygen atoms in total. The standard InChI is InChI=1S/C11H23O2Si/c1-9-10(7-8-12-9)13-14(5,6)11(2,3)4/h10H,7-8H2,1-6H3. The lowest BCUT2D eigenvalue weighted by atomic mass is 10.2. The van der Waals surface area contributed by atoms with Gasteiger partial charge in [0.25, 0.3) is 0 Å². The number of hydrogen-bond donors (Lipinski definition) is 0. The smallest absolute Gasteiger partial charge is 0.192 e. The van der Waals surface area contributed by atoms with E-state index in [-0.39, 0.29) is 11.1 Å². The third-order valence-corrected chi connectivity index (χ3v) is 7.89. The molecule has 0 aromatic heterocycles. The van der Waals surface area contributed by atoms with Crippen molar-refractivity contribution >= 4 is 8.32 Å². The summed E-state index contributed by atoms with van der Waals surface area (Å²) in [5.41, 5.74) is 0. The fraction of sp³-hybridized carbons (Fsp3) is 0.909. The molecule has 0 aromatic carbocycles. The van der Waals surface area contributed by atoms with E-state index in [1.54, 1.807) is 0 Å². The summed E-state index contributed by atoms with van der Waals surface area (Å²) in [6.45, 7) is 14.2. The van der Waals surface area contributed by atoms with Crippen molar-refractivity contribution in [2.24, 2.45) is 0 Å². The summed E-state index contributed by atoms with van der Waals surface area (Å²) in [6.07, 6.45) is 2.34. The second-order valence-electron chi connectivity index (χ2n) is 5.61. The average Bonchev–Trinajstić information content (AvgIpc) is 2.33. The Morgan fingerprint density at radius 2 is 1.93 bits per heavy atom. The van der Waals surface area contributed by atoms with Crippen molar-refractivity contribution in [1.82, 2.24) is 0 Å². The Hall–Kier alpha value is 0.137. The van der Waals surface area contributed by atoms with Gasteiger partial charge in [0.1, 0.15) is 6.10 Å². The summed E-state index contributed by atoms with van der Waals surface area (Å²) in [5.74, 6) is 0. The van der Waals surface area contributed by atoms with Gasteiger partial charge in [0.15, 0.2) is 8.32 Å². The van der Waals surface area contributed by atoms with Crippen molar-refractivity contribution < 1.29 is 9.16 Å². The third-order valence-electron chi connectivity index (χ3n) is 3.41. The minimum Gasteiger partial charge on any atom is -0.411 e. The molecule has 0 N–H and O–H groups in total. The quantitative estimate of drug-likeness (QED) is 0.658. The van der Waals surface area contributed by atoms with Crippen LogP contribution >= 0.6 is 0 Å². The number of ether oxygens (including phenoxy) is 1. The van der Waals surface area contributed by atoms with Gasteiger partial charge in [-0.2, -0.15) is 0 Å². The summed E-state index contributed by atoms with van der Waals surface area (Å²) in [7, 11) is -1.61. The molecule has 1 fully saturated rings. The van der Waals surface area contributed by atoms with Crippen molar-refractivity contribution in [1.29, 1.82) is 0 Å². The molecule has 0 bridgehead atoms. The molecule has 0 aromatic rings. The first-order valence-corrected chi connectivity index (χ1v) is 8.29. The van der Waals surface area contributed by atoms with E-state index in [0.717, 1.165) is 19.1 Å². The Morgan fingerprint density at radius 3 is 2.29 bits per heavy atom. The van der Waals surface area contributed by atoms with E-state index in [2.05, 4.69) is 33.9 Å². The fourth-order valence-corrected chi connectivity index (χ4v) is 2.65. The van der Waals surface area contributed by atoms with Gasteiger partial charge in [-0.15, -0.1) is 0 Å². The molecule has 1 radical (unpaired) electrons. The van der Waals surface area contributed by atoms with Gasteiger partial charge in [0.2, 0.25) is 0 Å². The maximum Gasteiger partial charge on any atom is 0.192 e. The summed E-state index contributed by atoms with van der Waals surface area (Å²) in [6, 6.07) is 0. The minimum absolute atomic E-state index is 0.246. The zero-order chi connectivity index (χ0) is 11.0. The Morgan fingerprint density at radius 1 is 1.36 bits per heavy atom.